The van der Waals surface area contributed by atoms with Crippen LogP contribution in [-0.2, 0) is 16.0 Å². The van der Waals surface area contributed by atoms with E-state index in [-0.39, 0.29) is 23.2 Å². The predicted molar refractivity (Wildman–Crippen MR) is 91.9 cm³/mol. The number of likely N-dealkylation sites (tertiary alicyclic amines) is 1. The Balaban J connectivity index is 1.90. The van der Waals surface area contributed by atoms with Gasteiger partial charge in [-0.05, 0) is 34.1 Å². The Labute approximate surface area is 150 Å². The first-order valence-electron chi connectivity index (χ1n) is 8.02. The minimum atomic E-state index is -1.07. The number of thiazole rings is 1. The fourth-order valence-corrected chi connectivity index (χ4v) is 3.37. The SMILES string of the molecule is Cc1nc(CC(=O)N2CCC(NC(=O)OC(C)(C)C)C2)c(C(=O)O)s1. The van der Waals surface area contributed by atoms with Crippen molar-refractivity contribution >= 4 is 29.3 Å². The number of nitrogens with one attached hydrogen (secondary N) is 1. The fraction of sp³-hybridized carbons (Fsp3) is 0.625. The molecule has 1 unspecified atom stereocenters. The first kappa shape index (κ1) is 19.2. The number of carboxylic acid groups (broad SMARTS) is 1. The van der Waals surface area contributed by atoms with E-state index in [1.165, 1.54) is 0 Å². The average Bonchev–Trinajstić information content (AvgIpc) is 3.03. The maximum Gasteiger partial charge on any atom is 0.407 e. The van der Waals surface area contributed by atoms with Gasteiger partial charge in [-0.1, -0.05) is 0 Å². The Hall–Kier alpha value is -2.16. The van der Waals surface area contributed by atoms with Crippen molar-refractivity contribution in [2.45, 2.75) is 52.2 Å². The summed E-state index contributed by atoms with van der Waals surface area (Å²) in [4.78, 5) is 41.3. The summed E-state index contributed by atoms with van der Waals surface area (Å²) < 4.78 is 5.21. The summed E-state index contributed by atoms with van der Waals surface area (Å²) >= 11 is 1.07. The molecular formula is C16H23N3O5S. The van der Waals surface area contributed by atoms with Crippen molar-refractivity contribution in [3.63, 3.8) is 0 Å². The third kappa shape index (κ3) is 5.42. The van der Waals surface area contributed by atoms with Gasteiger partial charge in [-0.25, -0.2) is 14.6 Å². The molecule has 0 radical (unpaired) electrons. The lowest BCUT2D eigenvalue weighted by Crippen LogP contribution is -2.41. The number of ether oxygens (including phenoxy) is 1. The monoisotopic (exact) mass is 369 g/mol. The number of carbonyl (C=O) groups is 3. The summed E-state index contributed by atoms with van der Waals surface area (Å²) in [6, 6.07) is -0.171. The van der Waals surface area contributed by atoms with Crippen LogP contribution in [0.25, 0.3) is 0 Å². The molecule has 0 aliphatic carbocycles. The molecule has 1 aromatic rings. The van der Waals surface area contributed by atoms with Crippen LogP contribution in [0.15, 0.2) is 0 Å². The molecule has 1 atom stereocenters. The van der Waals surface area contributed by atoms with Crippen molar-refractivity contribution < 1.29 is 24.2 Å². The number of aromatic carboxylic acids is 1. The van der Waals surface area contributed by atoms with Crippen molar-refractivity contribution in [3.05, 3.63) is 15.6 Å². The molecule has 1 aliphatic rings. The van der Waals surface area contributed by atoms with Crippen molar-refractivity contribution in [2.75, 3.05) is 13.1 Å². The molecular weight excluding hydrogens is 346 g/mol. The van der Waals surface area contributed by atoms with Crippen LogP contribution >= 0.6 is 11.3 Å². The van der Waals surface area contributed by atoms with E-state index in [0.29, 0.717) is 30.2 Å². The number of aryl methyl sites for hydroxylation is 1. The van der Waals surface area contributed by atoms with Gasteiger partial charge in [0.2, 0.25) is 5.91 Å². The molecule has 8 nitrogen and oxygen atoms in total. The second kappa shape index (κ2) is 7.38. The van der Waals surface area contributed by atoms with Crippen LogP contribution in [-0.4, -0.2) is 57.7 Å². The number of carbonyl (C=O) groups excluding carboxylic acids is 2. The van der Waals surface area contributed by atoms with Gasteiger partial charge < -0.3 is 20.1 Å². The van der Waals surface area contributed by atoms with Gasteiger partial charge in [0.1, 0.15) is 10.5 Å². The predicted octanol–water partition coefficient (Wildman–Crippen LogP) is 1.82. The Morgan fingerprint density at radius 3 is 2.68 bits per heavy atom. The van der Waals surface area contributed by atoms with E-state index in [9.17, 15) is 19.5 Å². The Bertz CT molecular complexity index is 680. The van der Waals surface area contributed by atoms with E-state index in [1.807, 2.05) is 0 Å². The third-order valence-corrected chi connectivity index (χ3v) is 4.58. The highest BCUT2D eigenvalue weighted by Crippen LogP contribution is 2.20. The number of amides is 2. The Kier molecular flexibility index (Phi) is 5.66. The fourth-order valence-electron chi connectivity index (χ4n) is 2.59. The Morgan fingerprint density at radius 2 is 2.08 bits per heavy atom. The molecule has 1 aliphatic heterocycles. The van der Waals surface area contributed by atoms with E-state index in [1.54, 1.807) is 32.6 Å². The van der Waals surface area contributed by atoms with Gasteiger partial charge in [0, 0.05) is 13.1 Å². The van der Waals surface area contributed by atoms with Crippen LogP contribution in [0.2, 0.25) is 0 Å². The molecule has 2 heterocycles. The highest BCUT2D eigenvalue weighted by atomic mass is 32.1. The number of nitrogens with zero attached hydrogens (tertiary/aromatic N) is 2. The van der Waals surface area contributed by atoms with Crippen molar-refractivity contribution in [3.8, 4) is 0 Å². The van der Waals surface area contributed by atoms with E-state index in [4.69, 9.17) is 4.74 Å². The zero-order valence-electron chi connectivity index (χ0n) is 14.8. The summed E-state index contributed by atoms with van der Waals surface area (Å²) in [6.45, 7) is 7.95. The summed E-state index contributed by atoms with van der Waals surface area (Å²) in [7, 11) is 0. The van der Waals surface area contributed by atoms with Gasteiger partial charge in [-0.15, -0.1) is 11.3 Å². The zero-order chi connectivity index (χ0) is 18.8. The standard InChI is InChI=1S/C16H23N3O5S/c1-9-17-11(13(25-9)14(21)22)7-12(20)19-6-5-10(8-19)18-15(23)24-16(2,3)4/h10H,5-8H2,1-4H3,(H,18,23)(H,21,22). The number of alkyl carbamates (subject to hydrolysis) is 1. The maximum absolute atomic E-state index is 12.4. The lowest BCUT2D eigenvalue weighted by molar-refractivity contribution is -0.129. The molecule has 1 saturated heterocycles. The van der Waals surface area contributed by atoms with E-state index in [2.05, 4.69) is 10.3 Å². The lowest BCUT2D eigenvalue weighted by atomic mass is 10.2. The molecule has 2 N–H and O–H groups in total. The first-order chi connectivity index (χ1) is 11.5. The van der Waals surface area contributed by atoms with Gasteiger partial charge in [0.05, 0.1) is 23.2 Å². The molecule has 1 aromatic heterocycles. The molecule has 9 heteroatoms. The molecule has 25 heavy (non-hydrogen) atoms. The number of hydrogen-bond donors (Lipinski definition) is 2. The molecule has 0 aromatic carbocycles. The van der Waals surface area contributed by atoms with Gasteiger partial charge >= 0.3 is 12.1 Å². The second-order valence-electron chi connectivity index (χ2n) is 6.96. The molecule has 0 saturated carbocycles. The van der Waals surface area contributed by atoms with E-state index in [0.717, 1.165) is 11.3 Å². The van der Waals surface area contributed by atoms with Crippen LogP contribution in [0, 0.1) is 6.92 Å². The molecule has 0 spiro atoms. The van der Waals surface area contributed by atoms with Gasteiger partial charge in [0.25, 0.3) is 0 Å². The van der Waals surface area contributed by atoms with Gasteiger partial charge in [0.15, 0.2) is 0 Å². The summed E-state index contributed by atoms with van der Waals surface area (Å²) in [5, 5.41) is 12.5. The normalized spacial score (nSPS) is 17.4. The van der Waals surface area contributed by atoms with Gasteiger partial charge in [-0.2, -0.15) is 0 Å². The van der Waals surface area contributed by atoms with Gasteiger partial charge in [-0.3, -0.25) is 4.79 Å². The highest BCUT2D eigenvalue weighted by Gasteiger charge is 2.30. The van der Waals surface area contributed by atoms with E-state index >= 15 is 0 Å². The largest absolute Gasteiger partial charge is 0.477 e. The molecule has 2 amide bonds. The Morgan fingerprint density at radius 1 is 1.40 bits per heavy atom. The number of aromatic nitrogens is 1. The summed E-state index contributed by atoms with van der Waals surface area (Å²) in [5.41, 5.74) is -0.281. The minimum Gasteiger partial charge on any atom is -0.477 e. The van der Waals surface area contributed by atoms with Crippen molar-refractivity contribution in [2.24, 2.45) is 0 Å². The minimum absolute atomic E-state index is 0.0505. The molecule has 0 bridgehead atoms. The summed E-state index contributed by atoms with van der Waals surface area (Å²) in [6.07, 6.45) is 0.0768. The number of hydrogen-bond acceptors (Lipinski definition) is 6. The van der Waals surface area contributed by atoms with Crippen molar-refractivity contribution in [1.82, 2.24) is 15.2 Å². The molecule has 1 fully saturated rings. The zero-order valence-corrected chi connectivity index (χ0v) is 15.6. The maximum atomic E-state index is 12.4. The lowest BCUT2D eigenvalue weighted by Gasteiger charge is -2.22. The average molecular weight is 369 g/mol. The van der Waals surface area contributed by atoms with E-state index < -0.39 is 17.7 Å². The summed E-state index contributed by atoms with van der Waals surface area (Å²) in [5.74, 6) is -1.26. The molecule has 138 valence electrons. The van der Waals surface area contributed by atoms with Crippen LogP contribution in [0.3, 0.4) is 0 Å². The van der Waals surface area contributed by atoms with Crippen LogP contribution in [0.4, 0.5) is 4.79 Å². The quantitative estimate of drug-likeness (QED) is 0.838. The van der Waals surface area contributed by atoms with Crippen molar-refractivity contribution in [1.29, 1.82) is 0 Å². The van der Waals surface area contributed by atoms with Crippen LogP contribution in [0.5, 0.6) is 0 Å². The third-order valence-electron chi connectivity index (χ3n) is 3.58. The smallest absolute Gasteiger partial charge is 0.407 e. The molecule has 2 rings (SSSR count). The number of carboxylic acids is 1. The van der Waals surface area contributed by atoms with Crippen LogP contribution in [0.1, 0.15) is 47.6 Å². The topological polar surface area (TPSA) is 109 Å². The number of rotatable bonds is 4. The second-order valence-corrected chi connectivity index (χ2v) is 8.17. The highest BCUT2D eigenvalue weighted by molar-refractivity contribution is 7.13. The van der Waals surface area contributed by atoms with Crippen LogP contribution < -0.4 is 5.32 Å². The first-order valence-corrected chi connectivity index (χ1v) is 8.83.